The Bertz CT molecular complexity index is 1230. The van der Waals surface area contributed by atoms with Crippen molar-refractivity contribution in [2.24, 2.45) is 0 Å². The Labute approximate surface area is 173 Å². The first-order valence-corrected chi connectivity index (χ1v) is 9.53. The number of benzene rings is 2. The minimum absolute atomic E-state index is 0.213. The normalized spacial score (nSPS) is 18.0. The molecular weight excluding hydrogens is 380 g/mol. The average Bonchev–Trinajstić information content (AvgIpc) is 2.81. The standard InChI is InChI=1S/C24H18N2O4/c1-28-24-23(29-17-6-4-12-25-14-17)22(27)18-13-16(9-11-21(18)30-24)20-10-8-15-5-2-3-7-19(15)26-20/h2-14,23-24H,1H3. The fourth-order valence-corrected chi connectivity index (χ4v) is 3.52. The van der Waals surface area contributed by atoms with Gasteiger partial charge in [-0.1, -0.05) is 24.3 Å². The van der Waals surface area contributed by atoms with Crippen LogP contribution in [0.15, 0.2) is 79.1 Å². The Hall–Kier alpha value is -3.77. The number of methoxy groups -OCH3 is 1. The Morgan fingerprint density at radius 3 is 2.73 bits per heavy atom. The first-order valence-electron chi connectivity index (χ1n) is 9.53. The molecule has 30 heavy (non-hydrogen) atoms. The average molecular weight is 398 g/mol. The third-order valence-electron chi connectivity index (χ3n) is 5.02. The zero-order valence-corrected chi connectivity index (χ0v) is 16.2. The van der Waals surface area contributed by atoms with Gasteiger partial charge >= 0.3 is 0 Å². The van der Waals surface area contributed by atoms with Crippen molar-refractivity contribution < 1.29 is 19.0 Å². The molecule has 0 bridgehead atoms. The zero-order chi connectivity index (χ0) is 20.5. The van der Waals surface area contributed by atoms with Crippen molar-refractivity contribution in [3.05, 3.63) is 84.7 Å². The smallest absolute Gasteiger partial charge is 0.244 e. The second kappa shape index (κ2) is 7.57. The van der Waals surface area contributed by atoms with Gasteiger partial charge in [0, 0.05) is 24.3 Å². The van der Waals surface area contributed by atoms with Gasteiger partial charge in [-0.15, -0.1) is 0 Å². The molecule has 0 N–H and O–H groups in total. The van der Waals surface area contributed by atoms with Gasteiger partial charge in [0.25, 0.3) is 0 Å². The summed E-state index contributed by atoms with van der Waals surface area (Å²) in [5.41, 5.74) is 2.94. The zero-order valence-electron chi connectivity index (χ0n) is 16.2. The van der Waals surface area contributed by atoms with Gasteiger partial charge in [-0.05, 0) is 42.5 Å². The van der Waals surface area contributed by atoms with Crippen LogP contribution < -0.4 is 9.47 Å². The Kier molecular flexibility index (Phi) is 4.61. The number of hydrogen-bond donors (Lipinski definition) is 0. The lowest BCUT2D eigenvalue weighted by molar-refractivity contribution is -0.110. The Morgan fingerprint density at radius 2 is 1.90 bits per heavy atom. The molecule has 6 nitrogen and oxygen atoms in total. The summed E-state index contributed by atoms with van der Waals surface area (Å²) in [5, 5.41) is 1.06. The van der Waals surface area contributed by atoms with Gasteiger partial charge in [0.05, 0.1) is 23.0 Å². The maximum Gasteiger partial charge on any atom is 0.244 e. The summed E-state index contributed by atoms with van der Waals surface area (Å²) in [7, 11) is 1.48. The number of hydrogen-bond acceptors (Lipinski definition) is 6. The summed E-state index contributed by atoms with van der Waals surface area (Å²) in [4.78, 5) is 22.0. The Morgan fingerprint density at radius 1 is 1.00 bits per heavy atom. The van der Waals surface area contributed by atoms with E-state index in [-0.39, 0.29) is 5.78 Å². The van der Waals surface area contributed by atoms with Crippen LogP contribution in [0.25, 0.3) is 22.2 Å². The first kappa shape index (κ1) is 18.3. The van der Waals surface area contributed by atoms with E-state index in [1.165, 1.54) is 7.11 Å². The largest absolute Gasteiger partial charge is 0.474 e. The van der Waals surface area contributed by atoms with Crippen molar-refractivity contribution in [2.75, 3.05) is 7.11 Å². The van der Waals surface area contributed by atoms with Gasteiger partial charge in [0.1, 0.15) is 11.5 Å². The molecule has 2 unspecified atom stereocenters. The van der Waals surface area contributed by atoms with Gasteiger partial charge in [0.2, 0.25) is 18.2 Å². The van der Waals surface area contributed by atoms with Crippen molar-refractivity contribution in [1.29, 1.82) is 0 Å². The molecule has 0 saturated carbocycles. The fourth-order valence-electron chi connectivity index (χ4n) is 3.52. The molecule has 0 radical (unpaired) electrons. The first-order chi connectivity index (χ1) is 14.7. The van der Waals surface area contributed by atoms with Crippen LogP contribution in [0.4, 0.5) is 0 Å². The maximum absolute atomic E-state index is 13.3. The number of pyridine rings is 2. The lowest BCUT2D eigenvalue weighted by atomic mass is 9.97. The molecule has 0 saturated heterocycles. The van der Waals surface area contributed by atoms with E-state index in [0.29, 0.717) is 17.1 Å². The highest BCUT2D eigenvalue weighted by molar-refractivity contribution is 6.04. The van der Waals surface area contributed by atoms with Crippen LogP contribution >= 0.6 is 0 Å². The highest BCUT2D eigenvalue weighted by Gasteiger charge is 2.39. The highest BCUT2D eigenvalue weighted by atomic mass is 16.7. The summed E-state index contributed by atoms with van der Waals surface area (Å²) in [6, 6.07) is 20.8. The third kappa shape index (κ3) is 3.27. The number of carbonyl (C=O) groups excluding carboxylic acids is 1. The van der Waals surface area contributed by atoms with Crippen molar-refractivity contribution in [3.8, 4) is 22.8 Å². The van der Waals surface area contributed by atoms with Crippen LogP contribution in [0, 0.1) is 0 Å². The summed E-state index contributed by atoms with van der Waals surface area (Å²) >= 11 is 0. The number of Topliss-reactive ketones (excluding diaryl/α,β-unsaturated/α-hetero) is 1. The van der Waals surface area contributed by atoms with E-state index in [4.69, 9.17) is 19.2 Å². The molecule has 1 aliphatic rings. The van der Waals surface area contributed by atoms with Crippen LogP contribution in [-0.2, 0) is 4.74 Å². The molecule has 2 aromatic carbocycles. The second-order valence-corrected chi connectivity index (χ2v) is 6.91. The van der Waals surface area contributed by atoms with E-state index in [1.807, 2.05) is 42.5 Å². The van der Waals surface area contributed by atoms with E-state index in [0.717, 1.165) is 22.2 Å². The van der Waals surface area contributed by atoms with Gasteiger partial charge < -0.3 is 14.2 Å². The van der Waals surface area contributed by atoms with Crippen molar-refractivity contribution in [1.82, 2.24) is 9.97 Å². The lowest BCUT2D eigenvalue weighted by Gasteiger charge is -2.31. The number of ether oxygens (including phenoxy) is 3. The Balaban J connectivity index is 1.52. The molecule has 0 aliphatic carbocycles. The van der Waals surface area contributed by atoms with E-state index in [2.05, 4.69) is 4.98 Å². The maximum atomic E-state index is 13.3. The van der Waals surface area contributed by atoms with Crippen LogP contribution in [0.2, 0.25) is 0 Å². The van der Waals surface area contributed by atoms with Gasteiger partial charge in [-0.2, -0.15) is 0 Å². The van der Waals surface area contributed by atoms with Crippen LogP contribution in [0.3, 0.4) is 0 Å². The quantitative estimate of drug-likeness (QED) is 0.511. The molecule has 1 aliphatic heterocycles. The van der Waals surface area contributed by atoms with Crippen LogP contribution in [-0.4, -0.2) is 35.3 Å². The van der Waals surface area contributed by atoms with Gasteiger partial charge in [-0.25, -0.2) is 4.98 Å². The molecule has 4 aromatic rings. The summed E-state index contributed by atoms with van der Waals surface area (Å²) in [6.07, 6.45) is 1.39. The highest BCUT2D eigenvalue weighted by Crippen LogP contribution is 2.33. The molecule has 2 atom stereocenters. The number of aromatic nitrogens is 2. The molecular formula is C24H18N2O4. The molecule has 5 rings (SSSR count). The molecule has 6 heteroatoms. The predicted molar refractivity (Wildman–Crippen MR) is 112 cm³/mol. The lowest BCUT2D eigenvalue weighted by Crippen LogP contribution is -2.47. The predicted octanol–water partition coefficient (Wildman–Crippen LogP) is 4.29. The van der Waals surface area contributed by atoms with E-state index in [9.17, 15) is 4.79 Å². The van der Waals surface area contributed by atoms with Gasteiger partial charge in [-0.3, -0.25) is 9.78 Å². The molecule has 2 aromatic heterocycles. The molecule has 0 fully saturated rings. The molecule has 0 spiro atoms. The van der Waals surface area contributed by atoms with Crippen molar-refractivity contribution >= 4 is 16.7 Å². The summed E-state index contributed by atoms with van der Waals surface area (Å²) in [5.74, 6) is 0.717. The topological polar surface area (TPSA) is 70.5 Å². The van der Waals surface area contributed by atoms with Crippen molar-refractivity contribution in [3.63, 3.8) is 0 Å². The molecule has 148 valence electrons. The SMILES string of the molecule is COC1Oc2ccc(-c3ccc4ccccc4n3)cc2C(=O)C1Oc1cccnc1. The van der Waals surface area contributed by atoms with Gasteiger partial charge in [0.15, 0.2) is 0 Å². The number of carbonyl (C=O) groups is 1. The van der Waals surface area contributed by atoms with Crippen LogP contribution in [0.1, 0.15) is 10.4 Å². The number of para-hydroxylation sites is 1. The van der Waals surface area contributed by atoms with E-state index >= 15 is 0 Å². The second-order valence-electron chi connectivity index (χ2n) is 6.91. The summed E-state index contributed by atoms with van der Waals surface area (Å²) in [6.45, 7) is 0. The number of rotatable bonds is 4. The fraction of sp³-hybridized carbons (Fsp3) is 0.125. The minimum atomic E-state index is -0.938. The minimum Gasteiger partial charge on any atom is -0.474 e. The summed E-state index contributed by atoms with van der Waals surface area (Å²) < 4.78 is 17.1. The third-order valence-corrected chi connectivity index (χ3v) is 5.02. The number of fused-ring (bicyclic) bond motifs is 2. The number of ketones is 1. The monoisotopic (exact) mass is 398 g/mol. The molecule has 0 amide bonds. The van der Waals surface area contributed by atoms with Crippen LogP contribution in [0.5, 0.6) is 11.5 Å². The van der Waals surface area contributed by atoms with Crippen molar-refractivity contribution in [2.45, 2.75) is 12.4 Å². The van der Waals surface area contributed by atoms with E-state index < -0.39 is 12.4 Å². The van der Waals surface area contributed by atoms with E-state index in [1.54, 1.807) is 36.7 Å². The number of nitrogens with zero attached hydrogens (tertiary/aromatic N) is 2. The molecule has 3 heterocycles.